The summed E-state index contributed by atoms with van der Waals surface area (Å²) in [5.74, 6) is -0.288. The Kier molecular flexibility index (Phi) is 46.7. The largest absolute Gasteiger partial charge is 0.394 e. The number of rotatable bonds is 52. The summed E-state index contributed by atoms with van der Waals surface area (Å²) in [7, 11) is 0. The number of amides is 1. The summed E-state index contributed by atoms with van der Waals surface area (Å²) in [6.45, 7) is 1.62. The lowest BCUT2D eigenvalue weighted by molar-refractivity contribution is -0.379. The summed E-state index contributed by atoms with van der Waals surface area (Å²) < 4.78 is 34.3. The molecule has 17 unspecified atom stereocenters. The van der Waals surface area contributed by atoms with Gasteiger partial charge in [0.15, 0.2) is 18.9 Å². The predicted molar refractivity (Wildman–Crippen MR) is 346 cm³/mol. The molecule has 19 nitrogen and oxygen atoms in total. The van der Waals surface area contributed by atoms with Crippen LogP contribution in [0.1, 0.15) is 232 Å². The van der Waals surface area contributed by atoms with Gasteiger partial charge in [-0.25, -0.2) is 0 Å². The Morgan fingerprint density at radius 2 is 0.775 bits per heavy atom. The van der Waals surface area contributed by atoms with Crippen molar-refractivity contribution in [3.63, 3.8) is 0 Å². The molecule has 3 aliphatic rings. The third kappa shape index (κ3) is 33.8. The first-order valence-electron chi connectivity index (χ1n) is 34.7. The third-order valence-corrected chi connectivity index (χ3v) is 17.0. The first kappa shape index (κ1) is 80.5. The molecule has 12 N–H and O–H groups in total. The van der Waals surface area contributed by atoms with Crippen molar-refractivity contribution >= 4 is 5.91 Å². The van der Waals surface area contributed by atoms with E-state index < -0.39 is 124 Å². The zero-order valence-corrected chi connectivity index (χ0v) is 54.4. The number of hydrogen-bond acceptors (Lipinski definition) is 18. The van der Waals surface area contributed by atoms with E-state index in [1.807, 2.05) is 6.08 Å². The van der Waals surface area contributed by atoms with E-state index in [1.165, 1.54) is 103 Å². The van der Waals surface area contributed by atoms with Gasteiger partial charge in [-0.15, -0.1) is 0 Å². The molecular formula is C70H123NO18. The van der Waals surface area contributed by atoms with Gasteiger partial charge in [-0.3, -0.25) is 4.79 Å². The van der Waals surface area contributed by atoms with Crippen LogP contribution in [0.5, 0.6) is 0 Å². The molecule has 0 aromatic heterocycles. The van der Waals surface area contributed by atoms with Crippen LogP contribution >= 0.6 is 0 Å². The van der Waals surface area contributed by atoms with Gasteiger partial charge in [0.2, 0.25) is 5.91 Å². The molecule has 3 heterocycles. The minimum atomic E-state index is -1.98. The lowest BCUT2D eigenvalue weighted by Gasteiger charge is -2.48. The SMILES string of the molecule is CC/C=C\C/C=C\C/C=C\C/C=C\C/C=C\CCCCCCCCCC(=O)NC(COC1OC(CO)C(OC2OC(CO)C(OC3OC(CO)C(O)C(O)C3O)C(O)C2O)C(O)C1O)C(O)/C=C/CCCCCCCCCCCCCCCCCCCCC. The van der Waals surface area contributed by atoms with Gasteiger partial charge >= 0.3 is 0 Å². The number of unbranched alkanes of at least 4 members (excludes halogenated alkanes) is 26. The summed E-state index contributed by atoms with van der Waals surface area (Å²) >= 11 is 0. The molecule has 0 radical (unpaired) electrons. The molecule has 89 heavy (non-hydrogen) atoms. The number of allylic oxidation sites excluding steroid dienone is 11. The summed E-state index contributed by atoms with van der Waals surface area (Å²) in [5, 5.41) is 121. The zero-order chi connectivity index (χ0) is 64.7. The van der Waals surface area contributed by atoms with E-state index in [-0.39, 0.29) is 18.9 Å². The quantitative estimate of drug-likeness (QED) is 0.0200. The molecule has 19 heteroatoms. The maximum atomic E-state index is 13.4. The Bertz CT molecular complexity index is 1900. The fourth-order valence-electron chi connectivity index (χ4n) is 11.4. The minimum Gasteiger partial charge on any atom is -0.394 e. The van der Waals surface area contributed by atoms with E-state index in [2.05, 4.69) is 79.9 Å². The molecule has 516 valence electrons. The number of aliphatic hydroxyl groups is 11. The lowest BCUT2D eigenvalue weighted by atomic mass is 9.96. The van der Waals surface area contributed by atoms with Crippen molar-refractivity contribution in [3.8, 4) is 0 Å². The maximum absolute atomic E-state index is 13.4. The molecule has 0 aromatic carbocycles. The Hall–Kier alpha value is -2.77. The van der Waals surface area contributed by atoms with Gasteiger partial charge in [-0.05, 0) is 64.2 Å². The summed E-state index contributed by atoms with van der Waals surface area (Å²) in [4.78, 5) is 13.4. The van der Waals surface area contributed by atoms with Gasteiger partial charge in [0.1, 0.15) is 73.2 Å². The standard InChI is InChI=1S/C70H123NO18/c1-3-5-7-9-11-13-15-17-19-21-23-25-26-28-30-32-34-36-38-40-42-44-46-48-58(76)71-53(54(75)47-45-43-41-39-37-35-33-31-29-27-24-22-20-18-16-14-12-10-8-6-4-2)52-84-68-64(82)61(79)66(56(50-73)86-68)89-70-65(83)62(80)67(57(51-74)87-70)88-69-63(81)60(78)59(77)55(49-72)85-69/h5,7,11,13,17,19,23,25,28,30,45,47,53-57,59-70,72-75,77-83H,3-4,6,8-10,12,14-16,18,20-22,24,26-27,29,31-44,46,48-52H2,1-2H3,(H,71,76)/b7-5-,13-11-,19-17-,25-23-,30-28-,47-45+. The normalized spacial score (nSPS) is 28.7. The molecule has 0 saturated carbocycles. The van der Waals surface area contributed by atoms with Crippen molar-refractivity contribution in [1.82, 2.24) is 5.32 Å². The molecule has 0 aliphatic carbocycles. The molecule has 3 fully saturated rings. The zero-order valence-electron chi connectivity index (χ0n) is 54.4. The van der Waals surface area contributed by atoms with Crippen LogP contribution in [0.25, 0.3) is 0 Å². The molecular weight excluding hydrogens is 1140 g/mol. The van der Waals surface area contributed by atoms with Crippen LogP contribution < -0.4 is 5.32 Å². The highest BCUT2D eigenvalue weighted by atomic mass is 16.8. The average Bonchev–Trinajstić information content (AvgIpc) is 2.09. The fraction of sp³-hybridized carbons (Fsp3) is 0.814. The topological polar surface area (TPSA) is 307 Å². The number of carbonyl (C=O) groups excluding carboxylic acids is 1. The van der Waals surface area contributed by atoms with Crippen LogP contribution in [-0.2, 0) is 33.2 Å². The van der Waals surface area contributed by atoms with E-state index in [0.29, 0.717) is 6.42 Å². The van der Waals surface area contributed by atoms with Gasteiger partial charge in [0.05, 0.1) is 38.6 Å². The van der Waals surface area contributed by atoms with Gasteiger partial charge in [-0.2, -0.15) is 0 Å². The van der Waals surface area contributed by atoms with Crippen molar-refractivity contribution in [1.29, 1.82) is 0 Å². The molecule has 1 amide bonds. The van der Waals surface area contributed by atoms with Crippen molar-refractivity contribution in [2.75, 3.05) is 26.4 Å². The number of aliphatic hydroxyl groups excluding tert-OH is 11. The van der Waals surface area contributed by atoms with Gasteiger partial charge in [0.25, 0.3) is 0 Å². The molecule has 3 aliphatic heterocycles. The Labute approximate surface area is 534 Å². The van der Waals surface area contributed by atoms with Crippen LogP contribution in [0.3, 0.4) is 0 Å². The highest BCUT2D eigenvalue weighted by Gasteiger charge is 2.53. The number of nitrogens with one attached hydrogen (secondary N) is 1. The molecule has 0 spiro atoms. The highest BCUT2D eigenvalue weighted by molar-refractivity contribution is 5.76. The number of ether oxygens (including phenoxy) is 6. The monoisotopic (exact) mass is 1270 g/mol. The Morgan fingerprint density at radius 1 is 0.416 bits per heavy atom. The second kappa shape index (κ2) is 51.6. The molecule has 17 atom stereocenters. The van der Waals surface area contributed by atoms with E-state index in [4.69, 9.17) is 28.4 Å². The van der Waals surface area contributed by atoms with E-state index in [0.717, 1.165) is 103 Å². The Balaban J connectivity index is 1.46. The summed E-state index contributed by atoms with van der Waals surface area (Å²) in [6.07, 6.45) is 37.2. The number of hydrogen-bond donors (Lipinski definition) is 12. The van der Waals surface area contributed by atoms with E-state index >= 15 is 0 Å². The van der Waals surface area contributed by atoms with E-state index in [9.17, 15) is 61.0 Å². The van der Waals surface area contributed by atoms with Crippen LogP contribution in [0.4, 0.5) is 0 Å². The first-order valence-corrected chi connectivity index (χ1v) is 34.7. The van der Waals surface area contributed by atoms with Crippen molar-refractivity contribution in [2.45, 2.75) is 336 Å². The average molecular weight is 1270 g/mol. The minimum absolute atomic E-state index is 0.227. The molecule has 3 rings (SSSR count). The van der Waals surface area contributed by atoms with Gasteiger partial charge in [-0.1, -0.05) is 234 Å². The second-order valence-electron chi connectivity index (χ2n) is 24.6. The summed E-state index contributed by atoms with van der Waals surface area (Å²) in [6, 6.07) is -0.984. The number of carbonyl (C=O) groups is 1. The second-order valence-corrected chi connectivity index (χ2v) is 24.6. The summed E-state index contributed by atoms with van der Waals surface area (Å²) in [5.41, 5.74) is 0. The van der Waals surface area contributed by atoms with Crippen LogP contribution in [-0.4, -0.2) is 193 Å². The van der Waals surface area contributed by atoms with Gasteiger partial charge < -0.3 is 89.9 Å². The van der Waals surface area contributed by atoms with Crippen LogP contribution in [0.15, 0.2) is 72.9 Å². The molecule has 0 bridgehead atoms. The van der Waals surface area contributed by atoms with Crippen molar-refractivity contribution < 1.29 is 89.4 Å². The smallest absolute Gasteiger partial charge is 0.220 e. The molecule has 0 aromatic rings. The van der Waals surface area contributed by atoms with E-state index in [1.54, 1.807) is 6.08 Å². The highest BCUT2D eigenvalue weighted by Crippen LogP contribution is 2.33. The van der Waals surface area contributed by atoms with Crippen LogP contribution in [0, 0.1) is 0 Å². The van der Waals surface area contributed by atoms with Crippen molar-refractivity contribution in [2.24, 2.45) is 0 Å². The maximum Gasteiger partial charge on any atom is 0.220 e. The first-order chi connectivity index (χ1) is 43.3. The van der Waals surface area contributed by atoms with Crippen LogP contribution in [0.2, 0.25) is 0 Å². The fourth-order valence-corrected chi connectivity index (χ4v) is 11.4. The Morgan fingerprint density at radius 3 is 1.21 bits per heavy atom. The predicted octanol–water partition coefficient (Wildman–Crippen LogP) is 8.94. The molecule has 3 saturated heterocycles. The lowest BCUT2D eigenvalue weighted by Crippen LogP contribution is -2.66. The van der Waals surface area contributed by atoms with Crippen molar-refractivity contribution in [3.05, 3.63) is 72.9 Å². The third-order valence-electron chi connectivity index (χ3n) is 17.0. The van der Waals surface area contributed by atoms with Gasteiger partial charge in [0, 0.05) is 6.42 Å².